The molecule has 4 fully saturated rings. The summed E-state index contributed by atoms with van der Waals surface area (Å²) in [5, 5.41) is -5.73. The molecule has 232 valence electrons. The number of alkyl halides is 4. The number of ether oxygens (including phenoxy) is 1. The second-order valence-electron chi connectivity index (χ2n) is 13.1. The first kappa shape index (κ1) is 32.0. The lowest BCUT2D eigenvalue weighted by atomic mass is 9.44. The van der Waals surface area contributed by atoms with E-state index >= 15 is 0 Å². The maximum absolute atomic E-state index is 13.8. The molecule has 0 aromatic carbocycles. The smallest absolute Gasteiger partial charge is 0.431 e. The minimum absolute atomic E-state index is 0.0315. The van der Waals surface area contributed by atoms with Crippen LogP contribution in [-0.4, -0.2) is 54.1 Å². The van der Waals surface area contributed by atoms with E-state index in [9.17, 15) is 45.2 Å². The molecule has 8 nitrogen and oxygen atoms in total. The third-order valence-electron chi connectivity index (χ3n) is 11.1. The van der Waals surface area contributed by atoms with Gasteiger partial charge in [-0.05, 0) is 60.7 Å². The second kappa shape index (κ2) is 10.7. The zero-order chi connectivity index (χ0) is 30.8. The number of esters is 1. The van der Waals surface area contributed by atoms with E-state index in [1.54, 1.807) is 0 Å². The van der Waals surface area contributed by atoms with Crippen molar-refractivity contribution >= 4 is 33.4 Å². The standard InChI is InChI=1S/C28H38F4O8S/c1-15(4-7-23(36)40-11-10-27(29,30)28(31,32)41(37,38)39)18-5-6-19-24-20(14-22(35)26(18,19)3)25(2)9-8-17(33)12-16(25)13-21(24)34/h15-16,18-20,24H,4-14H2,1-3H3,(H,37,38,39)/t15-,16?,18?,19+,20+,24+,25+,26-/m1/s1. The second-order valence-corrected chi connectivity index (χ2v) is 14.6. The predicted molar refractivity (Wildman–Crippen MR) is 136 cm³/mol. The molecule has 0 amide bonds. The summed E-state index contributed by atoms with van der Waals surface area (Å²) >= 11 is 0. The molecule has 0 spiro atoms. The molecule has 2 unspecified atom stereocenters. The van der Waals surface area contributed by atoms with Gasteiger partial charge in [0.15, 0.2) is 0 Å². The highest BCUT2D eigenvalue weighted by Gasteiger charge is 2.67. The van der Waals surface area contributed by atoms with E-state index < -0.39 is 45.7 Å². The van der Waals surface area contributed by atoms with Crippen molar-refractivity contribution in [3.8, 4) is 0 Å². The third-order valence-corrected chi connectivity index (χ3v) is 12.1. The Balaban J connectivity index is 1.37. The molecular weight excluding hydrogens is 572 g/mol. The summed E-state index contributed by atoms with van der Waals surface area (Å²) in [5.74, 6) is -6.51. The number of ketones is 3. The van der Waals surface area contributed by atoms with Gasteiger partial charge < -0.3 is 4.74 Å². The molecule has 0 bridgehead atoms. The molecule has 4 aliphatic carbocycles. The molecule has 4 aliphatic rings. The Morgan fingerprint density at radius 3 is 2.37 bits per heavy atom. The molecule has 13 heteroatoms. The van der Waals surface area contributed by atoms with Gasteiger partial charge in [-0.3, -0.25) is 23.7 Å². The van der Waals surface area contributed by atoms with Crippen LogP contribution in [0, 0.1) is 46.3 Å². The highest BCUT2D eigenvalue weighted by Crippen LogP contribution is 2.66. The Kier molecular flexibility index (Phi) is 8.34. The first-order chi connectivity index (χ1) is 18.8. The summed E-state index contributed by atoms with van der Waals surface area (Å²) in [6, 6.07) is 0. The van der Waals surface area contributed by atoms with E-state index in [0.29, 0.717) is 38.5 Å². The van der Waals surface area contributed by atoms with Gasteiger partial charge in [-0.25, -0.2) is 0 Å². The number of Topliss-reactive ketones (excluding diaryl/α,β-unsaturated/α-hetero) is 3. The lowest BCUT2D eigenvalue weighted by Crippen LogP contribution is -2.60. The fourth-order valence-electron chi connectivity index (χ4n) is 8.64. The van der Waals surface area contributed by atoms with Crippen LogP contribution in [-0.2, 0) is 34.0 Å². The number of hydrogen-bond acceptors (Lipinski definition) is 7. The average molecular weight is 611 g/mol. The van der Waals surface area contributed by atoms with Crippen molar-refractivity contribution in [2.75, 3.05) is 6.61 Å². The number of rotatable bonds is 9. The van der Waals surface area contributed by atoms with E-state index in [1.807, 2.05) is 13.8 Å². The lowest BCUT2D eigenvalue weighted by Gasteiger charge is -2.58. The fourth-order valence-corrected chi connectivity index (χ4v) is 9.12. The van der Waals surface area contributed by atoms with Crippen LogP contribution in [0.15, 0.2) is 0 Å². The van der Waals surface area contributed by atoms with E-state index in [1.165, 1.54) is 0 Å². The largest absolute Gasteiger partial charge is 0.465 e. The van der Waals surface area contributed by atoms with Crippen LogP contribution in [0.1, 0.15) is 85.0 Å². The maximum Gasteiger partial charge on any atom is 0.431 e. The van der Waals surface area contributed by atoms with Gasteiger partial charge in [-0.1, -0.05) is 20.8 Å². The number of fused-ring (bicyclic) bond motifs is 5. The average Bonchev–Trinajstić information content (AvgIpc) is 3.22. The van der Waals surface area contributed by atoms with Crippen LogP contribution in [0.3, 0.4) is 0 Å². The molecule has 0 aliphatic heterocycles. The van der Waals surface area contributed by atoms with E-state index in [4.69, 9.17) is 4.55 Å². The number of carbonyl (C=O) groups is 4. The van der Waals surface area contributed by atoms with Crippen molar-refractivity contribution in [3.05, 3.63) is 0 Å². The van der Waals surface area contributed by atoms with Crippen molar-refractivity contribution < 1.29 is 54.4 Å². The first-order valence-corrected chi connectivity index (χ1v) is 15.7. The molecule has 1 N–H and O–H groups in total. The summed E-state index contributed by atoms with van der Waals surface area (Å²) < 4.78 is 88.1. The maximum atomic E-state index is 13.8. The van der Waals surface area contributed by atoms with Crippen LogP contribution in [0.4, 0.5) is 17.6 Å². The molecule has 41 heavy (non-hydrogen) atoms. The van der Waals surface area contributed by atoms with Crippen molar-refractivity contribution in [3.63, 3.8) is 0 Å². The summed E-state index contributed by atoms with van der Waals surface area (Å²) in [4.78, 5) is 51.6. The van der Waals surface area contributed by atoms with Crippen molar-refractivity contribution in [1.29, 1.82) is 0 Å². The normalized spacial score (nSPS) is 36.8. The monoisotopic (exact) mass is 610 g/mol. The van der Waals surface area contributed by atoms with Gasteiger partial charge in [0.25, 0.3) is 0 Å². The Labute approximate surface area is 237 Å². The molecular formula is C28H38F4O8S. The topological polar surface area (TPSA) is 132 Å². The summed E-state index contributed by atoms with van der Waals surface area (Å²) in [6.07, 6.45) is 1.73. The first-order valence-electron chi connectivity index (χ1n) is 14.2. The van der Waals surface area contributed by atoms with Gasteiger partial charge in [0.2, 0.25) is 0 Å². The van der Waals surface area contributed by atoms with Gasteiger partial charge in [-0.15, -0.1) is 0 Å². The predicted octanol–water partition coefficient (Wildman–Crippen LogP) is 5.04. The van der Waals surface area contributed by atoms with Crippen LogP contribution >= 0.6 is 0 Å². The highest BCUT2D eigenvalue weighted by atomic mass is 32.2. The van der Waals surface area contributed by atoms with Crippen LogP contribution < -0.4 is 0 Å². The molecule has 0 heterocycles. The Morgan fingerprint density at radius 2 is 1.73 bits per heavy atom. The number of halogens is 4. The molecule has 8 atom stereocenters. The summed E-state index contributed by atoms with van der Waals surface area (Å²) in [7, 11) is -6.37. The number of carbonyl (C=O) groups excluding carboxylic acids is 4. The molecule has 0 saturated heterocycles. The zero-order valence-electron chi connectivity index (χ0n) is 23.5. The molecule has 4 rings (SSSR count). The third kappa shape index (κ3) is 5.27. The van der Waals surface area contributed by atoms with Gasteiger partial charge in [0.1, 0.15) is 17.3 Å². The minimum Gasteiger partial charge on any atom is -0.465 e. The Bertz CT molecular complexity index is 1220. The van der Waals surface area contributed by atoms with Gasteiger partial charge in [-0.2, -0.15) is 26.0 Å². The van der Waals surface area contributed by atoms with E-state index in [2.05, 4.69) is 11.7 Å². The van der Waals surface area contributed by atoms with Gasteiger partial charge in [0.05, 0.1) is 13.0 Å². The van der Waals surface area contributed by atoms with Gasteiger partial charge in [0, 0.05) is 43.4 Å². The minimum atomic E-state index is -6.37. The SMILES string of the molecule is C[C@H](CCC(=O)OCCC(F)(F)C(F)(F)S(=O)(=O)O)C1CC[C@H]2[C@@H]3C(=O)CC4CC(=O)CC[C@]4(C)[C@H]3CC(=O)[C@]12C. The zero-order valence-corrected chi connectivity index (χ0v) is 24.3. The molecule has 0 aromatic rings. The summed E-state index contributed by atoms with van der Waals surface area (Å²) in [5.41, 5.74) is -1.00. The lowest BCUT2D eigenvalue weighted by molar-refractivity contribution is -0.174. The van der Waals surface area contributed by atoms with E-state index in [-0.39, 0.29) is 77.5 Å². The fraction of sp³-hybridized carbons (Fsp3) is 0.857. The Morgan fingerprint density at radius 1 is 1.07 bits per heavy atom. The van der Waals surface area contributed by atoms with Gasteiger partial charge >= 0.3 is 27.3 Å². The van der Waals surface area contributed by atoms with Crippen molar-refractivity contribution in [1.82, 2.24) is 0 Å². The number of hydrogen-bond donors (Lipinski definition) is 1. The molecule has 0 radical (unpaired) electrons. The van der Waals surface area contributed by atoms with Crippen molar-refractivity contribution in [2.45, 2.75) is 96.2 Å². The summed E-state index contributed by atoms with van der Waals surface area (Å²) in [6.45, 7) is 4.74. The van der Waals surface area contributed by atoms with Crippen LogP contribution in [0.2, 0.25) is 0 Å². The van der Waals surface area contributed by atoms with Crippen LogP contribution in [0.5, 0.6) is 0 Å². The van der Waals surface area contributed by atoms with Crippen LogP contribution in [0.25, 0.3) is 0 Å². The molecule has 4 saturated carbocycles. The quantitative estimate of drug-likeness (QED) is 0.218. The van der Waals surface area contributed by atoms with Crippen molar-refractivity contribution in [2.24, 2.45) is 46.3 Å². The highest BCUT2D eigenvalue weighted by molar-refractivity contribution is 7.87. The van der Waals surface area contributed by atoms with E-state index in [0.717, 1.165) is 0 Å². The Hall–Kier alpha value is -1.89. The molecule has 0 aromatic heterocycles.